The third-order valence-corrected chi connectivity index (χ3v) is 4.78. The van der Waals surface area contributed by atoms with Crippen molar-refractivity contribution in [2.45, 2.75) is 51.5 Å². The zero-order valence-electron chi connectivity index (χ0n) is 16.9. The number of halogens is 1. The maximum absolute atomic E-state index is 15.2. The molecule has 0 N–H and O–H groups in total. The van der Waals surface area contributed by atoms with E-state index >= 15 is 4.39 Å². The van der Waals surface area contributed by atoms with Crippen LogP contribution in [0, 0.1) is 0 Å². The lowest BCUT2D eigenvalue weighted by molar-refractivity contribution is -0.253. The van der Waals surface area contributed by atoms with Gasteiger partial charge in [-0.15, -0.1) is 0 Å². The van der Waals surface area contributed by atoms with E-state index in [9.17, 15) is 24.0 Å². The molecule has 10 nitrogen and oxygen atoms in total. The average molecular weight is 437 g/mol. The Morgan fingerprint density at radius 3 is 1.94 bits per heavy atom. The Bertz CT molecular complexity index is 898. The minimum absolute atomic E-state index is 0.0485. The van der Waals surface area contributed by atoms with Crippen LogP contribution in [0.15, 0.2) is 24.3 Å². The highest BCUT2D eigenvalue weighted by molar-refractivity contribution is 6.21. The van der Waals surface area contributed by atoms with Gasteiger partial charge < -0.3 is 18.9 Å². The Balaban J connectivity index is 2.01. The Kier molecular flexibility index (Phi) is 6.34. The molecule has 0 saturated carbocycles. The van der Waals surface area contributed by atoms with E-state index in [1.54, 1.807) is 0 Å². The summed E-state index contributed by atoms with van der Waals surface area (Å²) in [5, 5.41) is 0. The fourth-order valence-corrected chi connectivity index (χ4v) is 3.62. The lowest BCUT2D eigenvalue weighted by Crippen LogP contribution is -2.66. The average Bonchev–Trinajstić information content (AvgIpc) is 2.93. The summed E-state index contributed by atoms with van der Waals surface area (Å²) in [6.07, 6.45) is -6.73. The Labute approximate surface area is 176 Å². The number of amides is 2. The molecule has 3 rings (SSSR count). The van der Waals surface area contributed by atoms with Gasteiger partial charge in [0.25, 0.3) is 11.8 Å². The molecule has 0 aliphatic carbocycles. The molecule has 11 heteroatoms. The van der Waals surface area contributed by atoms with Gasteiger partial charge in [-0.3, -0.25) is 28.9 Å². The highest BCUT2D eigenvalue weighted by atomic mass is 19.1. The summed E-state index contributed by atoms with van der Waals surface area (Å²) in [6.45, 7) is 2.70. The van der Waals surface area contributed by atoms with E-state index in [0.29, 0.717) is 4.90 Å². The van der Waals surface area contributed by atoms with Crippen molar-refractivity contribution in [2.24, 2.45) is 0 Å². The smallest absolute Gasteiger partial charge is 0.303 e. The third-order valence-electron chi connectivity index (χ3n) is 4.78. The van der Waals surface area contributed by atoms with Crippen LogP contribution in [0.3, 0.4) is 0 Å². The van der Waals surface area contributed by atoms with Crippen molar-refractivity contribution < 1.29 is 47.3 Å². The van der Waals surface area contributed by atoms with Crippen molar-refractivity contribution in [3.8, 4) is 0 Å². The number of carbonyl (C=O) groups excluding carboxylic acids is 5. The van der Waals surface area contributed by atoms with Crippen LogP contribution in [0.2, 0.25) is 0 Å². The summed E-state index contributed by atoms with van der Waals surface area (Å²) in [5.74, 6) is -4.02. The zero-order chi connectivity index (χ0) is 22.9. The van der Waals surface area contributed by atoms with E-state index in [0.717, 1.165) is 20.8 Å². The first-order chi connectivity index (χ1) is 14.6. The first-order valence-corrected chi connectivity index (χ1v) is 9.36. The van der Waals surface area contributed by atoms with E-state index in [1.165, 1.54) is 24.3 Å². The van der Waals surface area contributed by atoms with Crippen LogP contribution in [0.1, 0.15) is 41.5 Å². The molecule has 0 bridgehead atoms. The van der Waals surface area contributed by atoms with Crippen molar-refractivity contribution in [3.63, 3.8) is 0 Å². The zero-order valence-corrected chi connectivity index (χ0v) is 16.9. The molecule has 0 spiro atoms. The highest BCUT2D eigenvalue weighted by Gasteiger charge is 2.57. The number of carbonyl (C=O) groups is 5. The minimum Gasteiger partial charge on any atom is -0.463 e. The first kappa shape index (κ1) is 22.3. The summed E-state index contributed by atoms with van der Waals surface area (Å²) in [4.78, 5) is 61.0. The number of fused-ring (bicyclic) bond motifs is 1. The molecule has 0 radical (unpaired) electrons. The van der Waals surface area contributed by atoms with Crippen LogP contribution in [-0.2, 0) is 33.3 Å². The largest absolute Gasteiger partial charge is 0.463 e. The van der Waals surface area contributed by atoms with Crippen LogP contribution < -0.4 is 0 Å². The van der Waals surface area contributed by atoms with Crippen molar-refractivity contribution >= 4 is 29.7 Å². The van der Waals surface area contributed by atoms with Gasteiger partial charge in [0.2, 0.25) is 6.36 Å². The van der Waals surface area contributed by atoms with E-state index in [4.69, 9.17) is 18.9 Å². The molecular weight excluding hydrogens is 417 g/mol. The maximum atomic E-state index is 15.2. The van der Waals surface area contributed by atoms with Crippen LogP contribution in [-0.4, -0.2) is 71.9 Å². The molecule has 0 unspecified atom stereocenters. The fraction of sp³-hybridized carbons (Fsp3) is 0.450. The second-order valence-electron chi connectivity index (χ2n) is 6.99. The van der Waals surface area contributed by atoms with Gasteiger partial charge in [-0.2, -0.15) is 0 Å². The molecule has 2 aliphatic rings. The fourth-order valence-electron chi connectivity index (χ4n) is 3.62. The second-order valence-corrected chi connectivity index (χ2v) is 6.99. The lowest BCUT2D eigenvalue weighted by atomic mass is 9.95. The number of imide groups is 1. The molecule has 1 fully saturated rings. The number of alkyl halides is 1. The molecule has 1 aromatic rings. The Morgan fingerprint density at radius 1 is 0.935 bits per heavy atom. The van der Waals surface area contributed by atoms with Crippen molar-refractivity contribution in [2.75, 3.05) is 6.61 Å². The molecule has 0 aromatic heterocycles. The van der Waals surface area contributed by atoms with Gasteiger partial charge in [0.15, 0.2) is 12.2 Å². The van der Waals surface area contributed by atoms with E-state index < -0.39 is 67.0 Å². The molecule has 1 saturated heterocycles. The number of rotatable bonds is 5. The molecule has 166 valence electrons. The number of ether oxygens (including phenoxy) is 4. The van der Waals surface area contributed by atoms with Crippen LogP contribution in [0.4, 0.5) is 4.39 Å². The number of benzene rings is 1. The Hall–Kier alpha value is -3.34. The number of hydrogen-bond acceptors (Lipinski definition) is 9. The Morgan fingerprint density at radius 2 is 1.45 bits per heavy atom. The third kappa shape index (κ3) is 4.41. The standard InChI is InChI=1S/C20H20FNO9/c1-9(23)28-8-14-16(29-10(2)24)17(30-11(3)25)15(18(21)31-14)22-19(26)12-6-4-5-7-13(12)20(22)27/h4-7,14-18H,8H2,1-3H3/t14-,15-,16-,17-,18-/m0/s1. The van der Waals surface area contributed by atoms with Crippen LogP contribution in [0.5, 0.6) is 0 Å². The first-order valence-electron chi connectivity index (χ1n) is 9.36. The van der Waals surface area contributed by atoms with E-state index in [1.807, 2.05) is 0 Å². The molecule has 5 atom stereocenters. The lowest BCUT2D eigenvalue weighted by Gasteiger charge is -2.44. The quantitative estimate of drug-likeness (QED) is 0.373. The number of esters is 3. The van der Waals surface area contributed by atoms with Gasteiger partial charge in [0, 0.05) is 20.8 Å². The van der Waals surface area contributed by atoms with Gasteiger partial charge in [-0.05, 0) is 12.1 Å². The molecule has 2 amide bonds. The van der Waals surface area contributed by atoms with Gasteiger partial charge in [0.1, 0.15) is 18.8 Å². The normalized spacial score (nSPS) is 27.5. The summed E-state index contributed by atoms with van der Waals surface area (Å²) in [5.41, 5.74) is 0.0969. The highest BCUT2D eigenvalue weighted by Crippen LogP contribution is 2.35. The summed E-state index contributed by atoms with van der Waals surface area (Å²) < 4.78 is 35.7. The second kappa shape index (κ2) is 8.80. The summed E-state index contributed by atoms with van der Waals surface area (Å²) >= 11 is 0. The molecule has 1 aromatic carbocycles. The van der Waals surface area contributed by atoms with Gasteiger partial charge in [-0.25, -0.2) is 4.39 Å². The SMILES string of the molecule is CC(=O)OC[C@@H]1O[C@H](F)[C@@H](N2C(=O)c3ccccc3C2=O)[C@H](OC(C)=O)[C@H]1OC(C)=O. The van der Waals surface area contributed by atoms with Crippen molar-refractivity contribution in [3.05, 3.63) is 35.4 Å². The topological polar surface area (TPSA) is 126 Å². The van der Waals surface area contributed by atoms with Crippen molar-refractivity contribution in [1.82, 2.24) is 4.90 Å². The predicted molar refractivity (Wildman–Crippen MR) is 98.2 cm³/mol. The summed E-state index contributed by atoms with van der Waals surface area (Å²) in [7, 11) is 0. The van der Waals surface area contributed by atoms with Crippen LogP contribution in [0.25, 0.3) is 0 Å². The van der Waals surface area contributed by atoms with E-state index in [-0.39, 0.29) is 11.1 Å². The minimum atomic E-state index is -2.32. The monoisotopic (exact) mass is 437 g/mol. The van der Waals surface area contributed by atoms with Gasteiger partial charge in [-0.1, -0.05) is 12.1 Å². The number of hydrogen-bond donors (Lipinski definition) is 0. The molecule has 31 heavy (non-hydrogen) atoms. The predicted octanol–water partition coefficient (Wildman–Crippen LogP) is 0.772. The molecule has 2 aliphatic heterocycles. The summed E-state index contributed by atoms with van der Waals surface area (Å²) in [6, 6.07) is 4.14. The molecular formula is C20H20FNO9. The van der Waals surface area contributed by atoms with Gasteiger partial charge in [0.05, 0.1) is 11.1 Å². The van der Waals surface area contributed by atoms with E-state index in [2.05, 4.69) is 0 Å². The number of nitrogens with zero attached hydrogens (tertiary/aromatic N) is 1. The maximum Gasteiger partial charge on any atom is 0.303 e. The molecule has 2 heterocycles. The van der Waals surface area contributed by atoms with Crippen molar-refractivity contribution in [1.29, 1.82) is 0 Å². The van der Waals surface area contributed by atoms with Crippen LogP contribution >= 0.6 is 0 Å². The van der Waals surface area contributed by atoms with Gasteiger partial charge >= 0.3 is 17.9 Å².